The van der Waals surface area contributed by atoms with Crippen molar-refractivity contribution in [2.45, 2.75) is 45.1 Å². The van der Waals surface area contributed by atoms with Crippen LogP contribution >= 0.6 is 0 Å². The lowest BCUT2D eigenvalue weighted by molar-refractivity contribution is 0.260. The van der Waals surface area contributed by atoms with Crippen LogP contribution in [0.2, 0.25) is 0 Å². The summed E-state index contributed by atoms with van der Waals surface area (Å²) in [6.45, 7) is 6.98. The molecule has 0 aromatic heterocycles. The summed E-state index contributed by atoms with van der Waals surface area (Å²) >= 11 is 0. The molecule has 1 aliphatic rings. The van der Waals surface area contributed by atoms with Crippen LogP contribution in [0.15, 0.2) is 0 Å². The molecule has 1 fully saturated rings. The predicted octanol–water partition coefficient (Wildman–Crippen LogP) is 1.78. The fourth-order valence-corrected chi connectivity index (χ4v) is 2.83. The topological polar surface area (TPSA) is 32.5 Å². The van der Waals surface area contributed by atoms with Gasteiger partial charge < -0.3 is 15.5 Å². The maximum absolute atomic E-state index is 5.63. The SMILES string of the molecule is CCC(CCN)CCCN1CCC(N(C)C)C1. The van der Waals surface area contributed by atoms with Gasteiger partial charge in [0, 0.05) is 12.6 Å². The molecule has 0 aliphatic carbocycles. The first-order valence-corrected chi connectivity index (χ1v) is 7.26. The van der Waals surface area contributed by atoms with Crippen molar-refractivity contribution in [3.63, 3.8) is 0 Å². The maximum atomic E-state index is 5.63. The van der Waals surface area contributed by atoms with E-state index in [0.29, 0.717) is 0 Å². The Kier molecular flexibility index (Phi) is 7.09. The van der Waals surface area contributed by atoms with Crippen LogP contribution < -0.4 is 5.73 Å². The van der Waals surface area contributed by atoms with Crippen LogP contribution in [0.25, 0.3) is 0 Å². The van der Waals surface area contributed by atoms with Gasteiger partial charge in [0.1, 0.15) is 0 Å². The quantitative estimate of drug-likeness (QED) is 0.703. The Morgan fingerprint density at radius 1 is 1.35 bits per heavy atom. The molecule has 1 aliphatic heterocycles. The van der Waals surface area contributed by atoms with Gasteiger partial charge in [0.05, 0.1) is 0 Å². The van der Waals surface area contributed by atoms with Gasteiger partial charge >= 0.3 is 0 Å². The zero-order valence-corrected chi connectivity index (χ0v) is 12.0. The highest BCUT2D eigenvalue weighted by molar-refractivity contribution is 4.80. The van der Waals surface area contributed by atoms with Gasteiger partial charge in [-0.05, 0) is 65.3 Å². The lowest BCUT2D eigenvalue weighted by Crippen LogP contribution is -2.32. The number of nitrogens with two attached hydrogens (primary N) is 1. The van der Waals surface area contributed by atoms with Crippen LogP contribution in [-0.2, 0) is 0 Å². The van der Waals surface area contributed by atoms with Crippen molar-refractivity contribution in [1.29, 1.82) is 0 Å². The van der Waals surface area contributed by atoms with E-state index in [1.807, 2.05) is 0 Å². The summed E-state index contributed by atoms with van der Waals surface area (Å²) in [5.74, 6) is 0.854. The van der Waals surface area contributed by atoms with E-state index in [2.05, 4.69) is 30.8 Å². The Bertz CT molecular complexity index is 194. The van der Waals surface area contributed by atoms with Gasteiger partial charge in [-0.3, -0.25) is 0 Å². The lowest BCUT2D eigenvalue weighted by atomic mass is 9.97. The molecule has 1 rings (SSSR count). The highest BCUT2D eigenvalue weighted by atomic mass is 15.2. The molecular weight excluding hydrogens is 210 g/mol. The largest absolute Gasteiger partial charge is 0.330 e. The van der Waals surface area contributed by atoms with E-state index in [4.69, 9.17) is 5.73 Å². The number of likely N-dealkylation sites (N-methyl/N-ethyl adjacent to an activating group) is 1. The summed E-state index contributed by atoms with van der Waals surface area (Å²) in [7, 11) is 4.39. The van der Waals surface area contributed by atoms with Gasteiger partial charge in [-0.2, -0.15) is 0 Å². The molecule has 2 N–H and O–H groups in total. The molecule has 102 valence electrons. The summed E-state index contributed by atoms with van der Waals surface area (Å²) in [5.41, 5.74) is 5.63. The number of hydrogen-bond donors (Lipinski definition) is 1. The lowest BCUT2D eigenvalue weighted by Gasteiger charge is -2.21. The van der Waals surface area contributed by atoms with Crippen LogP contribution in [0.5, 0.6) is 0 Å². The van der Waals surface area contributed by atoms with Crippen LogP contribution in [0, 0.1) is 5.92 Å². The molecule has 0 amide bonds. The van der Waals surface area contributed by atoms with Gasteiger partial charge in [0.25, 0.3) is 0 Å². The van der Waals surface area contributed by atoms with Crippen molar-refractivity contribution < 1.29 is 0 Å². The summed E-state index contributed by atoms with van der Waals surface area (Å²) in [6, 6.07) is 0.779. The standard InChI is InChI=1S/C14H31N3/c1-4-13(7-9-15)6-5-10-17-11-8-14(12-17)16(2)3/h13-14H,4-12,15H2,1-3H3. The molecule has 3 nitrogen and oxygen atoms in total. The van der Waals surface area contributed by atoms with Crippen molar-refractivity contribution in [3.05, 3.63) is 0 Å². The molecule has 1 heterocycles. The Hall–Kier alpha value is -0.120. The molecular formula is C14H31N3. The van der Waals surface area contributed by atoms with Gasteiger partial charge in [0.2, 0.25) is 0 Å². The molecule has 17 heavy (non-hydrogen) atoms. The van der Waals surface area contributed by atoms with Crippen LogP contribution in [-0.4, -0.2) is 56.1 Å². The van der Waals surface area contributed by atoms with E-state index in [9.17, 15) is 0 Å². The summed E-state index contributed by atoms with van der Waals surface area (Å²) in [5, 5.41) is 0. The zero-order chi connectivity index (χ0) is 12.7. The first-order valence-electron chi connectivity index (χ1n) is 7.26. The van der Waals surface area contributed by atoms with E-state index in [0.717, 1.165) is 18.5 Å². The van der Waals surface area contributed by atoms with Gasteiger partial charge in [0.15, 0.2) is 0 Å². The van der Waals surface area contributed by atoms with E-state index < -0.39 is 0 Å². The molecule has 0 radical (unpaired) electrons. The Balaban J connectivity index is 2.11. The Labute approximate surface area is 107 Å². The second-order valence-corrected chi connectivity index (χ2v) is 5.70. The minimum absolute atomic E-state index is 0.779. The predicted molar refractivity (Wildman–Crippen MR) is 75.2 cm³/mol. The van der Waals surface area contributed by atoms with Gasteiger partial charge in [-0.15, -0.1) is 0 Å². The van der Waals surface area contributed by atoms with E-state index in [1.165, 1.54) is 51.7 Å². The van der Waals surface area contributed by atoms with Gasteiger partial charge in [-0.25, -0.2) is 0 Å². The maximum Gasteiger partial charge on any atom is 0.0229 e. The first-order chi connectivity index (χ1) is 8.17. The third-order valence-electron chi connectivity index (χ3n) is 4.22. The van der Waals surface area contributed by atoms with E-state index in [1.54, 1.807) is 0 Å². The first kappa shape index (κ1) is 14.9. The molecule has 0 spiro atoms. The highest BCUT2D eigenvalue weighted by Gasteiger charge is 2.23. The highest BCUT2D eigenvalue weighted by Crippen LogP contribution is 2.17. The second kappa shape index (κ2) is 8.06. The molecule has 3 heteroatoms. The van der Waals surface area contributed by atoms with Crippen LogP contribution in [0.4, 0.5) is 0 Å². The van der Waals surface area contributed by atoms with Crippen molar-refractivity contribution in [2.24, 2.45) is 11.7 Å². The Morgan fingerprint density at radius 3 is 2.65 bits per heavy atom. The molecule has 0 aromatic carbocycles. The smallest absolute Gasteiger partial charge is 0.0229 e. The number of nitrogens with zero attached hydrogens (tertiary/aromatic N) is 2. The van der Waals surface area contributed by atoms with Crippen molar-refractivity contribution in [1.82, 2.24) is 9.80 Å². The molecule has 2 atom stereocenters. The minimum Gasteiger partial charge on any atom is -0.330 e. The van der Waals surface area contributed by atoms with Crippen molar-refractivity contribution >= 4 is 0 Å². The van der Waals surface area contributed by atoms with Crippen LogP contribution in [0.3, 0.4) is 0 Å². The summed E-state index contributed by atoms with van der Waals surface area (Å²) < 4.78 is 0. The molecule has 0 aromatic rings. The molecule has 0 bridgehead atoms. The van der Waals surface area contributed by atoms with E-state index >= 15 is 0 Å². The third-order valence-corrected chi connectivity index (χ3v) is 4.22. The molecule has 1 saturated heterocycles. The fraction of sp³-hybridized carbons (Fsp3) is 1.00. The van der Waals surface area contributed by atoms with Crippen molar-refractivity contribution in [3.8, 4) is 0 Å². The molecule has 0 saturated carbocycles. The zero-order valence-electron chi connectivity index (χ0n) is 12.0. The van der Waals surface area contributed by atoms with Crippen molar-refractivity contribution in [2.75, 3.05) is 40.3 Å². The number of hydrogen-bond acceptors (Lipinski definition) is 3. The summed E-state index contributed by atoms with van der Waals surface area (Å²) in [4.78, 5) is 4.99. The minimum atomic E-state index is 0.779. The van der Waals surface area contributed by atoms with Gasteiger partial charge in [-0.1, -0.05) is 13.3 Å². The average Bonchev–Trinajstić information content (AvgIpc) is 2.77. The second-order valence-electron chi connectivity index (χ2n) is 5.70. The third kappa shape index (κ3) is 5.36. The normalized spacial score (nSPS) is 23.5. The average molecular weight is 241 g/mol. The molecule has 2 unspecified atom stereocenters. The Morgan fingerprint density at radius 2 is 2.12 bits per heavy atom. The van der Waals surface area contributed by atoms with Crippen LogP contribution in [0.1, 0.15) is 39.0 Å². The van der Waals surface area contributed by atoms with E-state index in [-0.39, 0.29) is 0 Å². The number of likely N-dealkylation sites (tertiary alicyclic amines) is 1. The monoisotopic (exact) mass is 241 g/mol. The number of rotatable bonds is 8. The summed E-state index contributed by atoms with van der Waals surface area (Å²) in [6.07, 6.45) is 6.54. The fourth-order valence-electron chi connectivity index (χ4n) is 2.83.